The van der Waals surface area contributed by atoms with Crippen LogP contribution < -0.4 is 10.6 Å². The SMILES string of the molecule is CCCNC(=O)C1(CCC)CCCN1. The smallest absolute Gasteiger partial charge is 0.240 e. The molecule has 0 aromatic heterocycles. The van der Waals surface area contributed by atoms with E-state index in [0.29, 0.717) is 0 Å². The Morgan fingerprint density at radius 3 is 2.71 bits per heavy atom. The summed E-state index contributed by atoms with van der Waals surface area (Å²) in [4.78, 5) is 11.9. The predicted octanol–water partition coefficient (Wildman–Crippen LogP) is 1.43. The number of carbonyl (C=O) groups excluding carboxylic acids is 1. The van der Waals surface area contributed by atoms with Gasteiger partial charge in [-0.15, -0.1) is 0 Å². The van der Waals surface area contributed by atoms with Crippen LogP contribution in [0.15, 0.2) is 0 Å². The highest BCUT2D eigenvalue weighted by molar-refractivity contribution is 5.86. The predicted molar refractivity (Wildman–Crippen MR) is 58.2 cm³/mol. The van der Waals surface area contributed by atoms with Crippen LogP contribution in [0.3, 0.4) is 0 Å². The maximum Gasteiger partial charge on any atom is 0.240 e. The summed E-state index contributed by atoms with van der Waals surface area (Å²) in [5.41, 5.74) is -0.246. The second-order valence-corrected chi connectivity index (χ2v) is 4.12. The van der Waals surface area contributed by atoms with E-state index in [-0.39, 0.29) is 11.4 Å². The van der Waals surface area contributed by atoms with Crippen LogP contribution in [0, 0.1) is 0 Å². The molecule has 0 spiro atoms. The van der Waals surface area contributed by atoms with Crippen molar-refractivity contribution in [2.24, 2.45) is 0 Å². The zero-order chi connectivity index (χ0) is 10.4. The van der Waals surface area contributed by atoms with Crippen molar-refractivity contribution in [3.63, 3.8) is 0 Å². The van der Waals surface area contributed by atoms with Crippen molar-refractivity contribution in [1.29, 1.82) is 0 Å². The summed E-state index contributed by atoms with van der Waals surface area (Å²) in [5, 5.41) is 6.37. The molecule has 1 rings (SSSR count). The van der Waals surface area contributed by atoms with E-state index in [9.17, 15) is 4.79 Å². The van der Waals surface area contributed by atoms with Gasteiger partial charge in [-0.25, -0.2) is 0 Å². The molecule has 3 nitrogen and oxygen atoms in total. The van der Waals surface area contributed by atoms with Gasteiger partial charge in [0.25, 0.3) is 0 Å². The van der Waals surface area contributed by atoms with Crippen molar-refractivity contribution in [2.75, 3.05) is 13.1 Å². The Morgan fingerprint density at radius 1 is 1.43 bits per heavy atom. The highest BCUT2D eigenvalue weighted by Gasteiger charge is 2.39. The minimum absolute atomic E-state index is 0.207. The third kappa shape index (κ3) is 2.47. The average Bonchev–Trinajstić information content (AvgIpc) is 2.64. The van der Waals surface area contributed by atoms with Crippen molar-refractivity contribution in [2.45, 2.75) is 51.5 Å². The lowest BCUT2D eigenvalue weighted by atomic mass is 9.91. The summed E-state index contributed by atoms with van der Waals surface area (Å²) >= 11 is 0. The van der Waals surface area contributed by atoms with Gasteiger partial charge in [0.15, 0.2) is 0 Å². The molecule has 3 heteroatoms. The van der Waals surface area contributed by atoms with Crippen molar-refractivity contribution < 1.29 is 4.79 Å². The van der Waals surface area contributed by atoms with E-state index in [1.54, 1.807) is 0 Å². The summed E-state index contributed by atoms with van der Waals surface area (Å²) in [7, 11) is 0. The maximum absolute atomic E-state index is 11.9. The summed E-state index contributed by atoms with van der Waals surface area (Å²) in [6.45, 7) is 6.00. The van der Waals surface area contributed by atoms with E-state index < -0.39 is 0 Å². The molecule has 0 aromatic carbocycles. The first-order chi connectivity index (χ1) is 6.75. The number of hydrogen-bond acceptors (Lipinski definition) is 2. The molecule has 0 aliphatic carbocycles. The molecule has 1 atom stereocenters. The van der Waals surface area contributed by atoms with Gasteiger partial charge in [0.1, 0.15) is 0 Å². The van der Waals surface area contributed by atoms with Gasteiger partial charge >= 0.3 is 0 Å². The molecule has 1 fully saturated rings. The van der Waals surface area contributed by atoms with Gasteiger partial charge in [0, 0.05) is 6.54 Å². The minimum atomic E-state index is -0.246. The van der Waals surface area contributed by atoms with Gasteiger partial charge in [-0.1, -0.05) is 20.3 Å². The van der Waals surface area contributed by atoms with Gasteiger partial charge in [0.05, 0.1) is 5.54 Å². The van der Waals surface area contributed by atoms with E-state index in [4.69, 9.17) is 0 Å². The molecule has 0 radical (unpaired) electrons. The molecule has 1 amide bonds. The lowest BCUT2D eigenvalue weighted by molar-refractivity contribution is -0.127. The Morgan fingerprint density at radius 2 is 2.21 bits per heavy atom. The number of nitrogens with one attached hydrogen (secondary N) is 2. The van der Waals surface area contributed by atoms with E-state index in [0.717, 1.165) is 45.2 Å². The fourth-order valence-electron chi connectivity index (χ4n) is 2.16. The lowest BCUT2D eigenvalue weighted by Crippen LogP contribution is -2.53. The molecule has 1 aliphatic rings. The van der Waals surface area contributed by atoms with Crippen molar-refractivity contribution in [3.8, 4) is 0 Å². The molecule has 1 unspecified atom stereocenters. The van der Waals surface area contributed by atoms with Crippen LogP contribution in [-0.2, 0) is 4.79 Å². The fraction of sp³-hybridized carbons (Fsp3) is 0.909. The number of rotatable bonds is 5. The molecule has 1 aliphatic heterocycles. The lowest BCUT2D eigenvalue weighted by Gasteiger charge is -2.27. The number of hydrogen-bond donors (Lipinski definition) is 2. The summed E-state index contributed by atoms with van der Waals surface area (Å²) in [6.07, 6.45) is 5.15. The molecule has 14 heavy (non-hydrogen) atoms. The monoisotopic (exact) mass is 198 g/mol. The third-order valence-corrected chi connectivity index (χ3v) is 2.89. The summed E-state index contributed by atoms with van der Waals surface area (Å²) < 4.78 is 0. The van der Waals surface area contributed by atoms with Crippen LogP contribution in [0.1, 0.15) is 46.0 Å². The Balaban J connectivity index is 2.52. The summed E-state index contributed by atoms with van der Waals surface area (Å²) in [6, 6.07) is 0. The Hall–Kier alpha value is -0.570. The topological polar surface area (TPSA) is 41.1 Å². The quantitative estimate of drug-likeness (QED) is 0.701. The second-order valence-electron chi connectivity index (χ2n) is 4.12. The van der Waals surface area contributed by atoms with Crippen LogP contribution in [0.4, 0.5) is 0 Å². The van der Waals surface area contributed by atoms with Crippen LogP contribution in [0.25, 0.3) is 0 Å². The standard InChI is InChI=1S/C11H22N2O/c1-3-6-11(7-5-9-13-11)10(14)12-8-4-2/h13H,3-9H2,1-2H3,(H,12,14). The normalized spacial score (nSPS) is 26.4. The molecular weight excluding hydrogens is 176 g/mol. The van der Waals surface area contributed by atoms with Crippen molar-refractivity contribution in [3.05, 3.63) is 0 Å². The molecule has 82 valence electrons. The molecular formula is C11H22N2O. The van der Waals surface area contributed by atoms with Crippen LogP contribution in [0.2, 0.25) is 0 Å². The highest BCUT2D eigenvalue weighted by atomic mass is 16.2. The maximum atomic E-state index is 11.9. The van der Waals surface area contributed by atoms with E-state index in [1.165, 1.54) is 0 Å². The highest BCUT2D eigenvalue weighted by Crippen LogP contribution is 2.24. The fourth-order valence-corrected chi connectivity index (χ4v) is 2.16. The van der Waals surface area contributed by atoms with E-state index in [1.807, 2.05) is 0 Å². The average molecular weight is 198 g/mol. The minimum Gasteiger partial charge on any atom is -0.355 e. The number of amides is 1. The molecule has 1 heterocycles. The Labute approximate surface area is 86.6 Å². The first-order valence-electron chi connectivity index (χ1n) is 5.78. The third-order valence-electron chi connectivity index (χ3n) is 2.89. The molecule has 0 bridgehead atoms. The van der Waals surface area contributed by atoms with Gasteiger partial charge < -0.3 is 10.6 Å². The van der Waals surface area contributed by atoms with E-state index in [2.05, 4.69) is 24.5 Å². The Kier molecular flexibility index (Phi) is 4.39. The molecule has 1 saturated heterocycles. The first-order valence-corrected chi connectivity index (χ1v) is 5.78. The molecule has 0 saturated carbocycles. The summed E-state index contributed by atoms with van der Waals surface area (Å²) in [5.74, 6) is 0.207. The van der Waals surface area contributed by atoms with Gasteiger partial charge in [-0.05, 0) is 32.2 Å². The van der Waals surface area contributed by atoms with Gasteiger partial charge in [-0.2, -0.15) is 0 Å². The van der Waals surface area contributed by atoms with Crippen molar-refractivity contribution >= 4 is 5.91 Å². The van der Waals surface area contributed by atoms with Crippen LogP contribution >= 0.6 is 0 Å². The second kappa shape index (κ2) is 5.35. The van der Waals surface area contributed by atoms with Crippen molar-refractivity contribution in [1.82, 2.24) is 10.6 Å². The Bertz CT molecular complexity index is 186. The zero-order valence-corrected chi connectivity index (χ0v) is 9.36. The van der Waals surface area contributed by atoms with Crippen LogP contribution in [-0.4, -0.2) is 24.5 Å². The molecule has 2 N–H and O–H groups in total. The number of carbonyl (C=O) groups is 1. The first kappa shape index (κ1) is 11.5. The largest absolute Gasteiger partial charge is 0.355 e. The zero-order valence-electron chi connectivity index (χ0n) is 9.36. The van der Waals surface area contributed by atoms with Gasteiger partial charge in [0.2, 0.25) is 5.91 Å². The van der Waals surface area contributed by atoms with Gasteiger partial charge in [-0.3, -0.25) is 4.79 Å². The van der Waals surface area contributed by atoms with Crippen LogP contribution in [0.5, 0.6) is 0 Å². The molecule has 0 aromatic rings. The van der Waals surface area contributed by atoms with E-state index >= 15 is 0 Å².